The monoisotopic (exact) mass is 367 g/mol. The predicted molar refractivity (Wildman–Crippen MR) is 90.8 cm³/mol. The zero-order valence-electron chi connectivity index (χ0n) is 12.0. The molecular formula is C16H11Cl2NO3S. The fourth-order valence-corrected chi connectivity index (χ4v) is 3.86. The Kier molecular flexibility index (Phi) is 4.19. The van der Waals surface area contributed by atoms with E-state index in [9.17, 15) is 8.42 Å². The van der Waals surface area contributed by atoms with Gasteiger partial charge in [-0.1, -0.05) is 41.4 Å². The van der Waals surface area contributed by atoms with Crippen molar-refractivity contribution < 1.29 is 12.6 Å². The molecule has 0 amide bonds. The van der Waals surface area contributed by atoms with E-state index in [2.05, 4.69) is 4.98 Å². The molecule has 0 spiro atoms. The van der Waals surface area contributed by atoms with E-state index >= 15 is 0 Å². The minimum atomic E-state index is -4.11. The Labute approximate surface area is 143 Å². The van der Waals surface area contributed by atoms with E-state index in [1.165, 1.54) is 12.1 Å². The highest BCUT2D eigenvalue weighted by Gasteiger charge is 2.23. The van der Waals surface area contributed by atoms with Gasteiger partial charge in [-0.2, -0.15) is 8.42 Å². The summed E-state index contributed by atoms with van der Waals surface area (Å²) < 4.78 is 30.4. The molecule has 118 valence electrons. The number of pyridine rings is 1. The fraction of sp³-hybridized carbons (Fsp3) is 0.0625. The Hall–Kier alpha value is -1.82. The molecule has 7 heteroatoms. The second-order valence-corrected chi connectivity index (χ2v) is 7.15. The molecule has 0 bridgehead atoms. The molecule has 2 aromatic carbocycles. The van der Waals surface area contributed by atoms with Crippen LogP contribution < -0.4 is 4.18 Å². The number of hydrogen-bond acceptors (Lipinski definition) is 4. The van der Waals surface area contributed by atoms with Gasteiger partial charge >= 0.3 is 10.1 Å². The number of halogens is 2. The second kappa shape index (κ2) is 6.00. The highest BCUT2D eigenvalue weighted by molar-refractivity contribution is 7.87. The summed E-state index contributed by atoms with van der Waals surface area (Å²) in [4.78, 5) is 4.04. The molecule has 0 fully saturated rings. The lowest BCUT2D eigenvalue weighted by Gasteiger charge is -2.11. The lowest BCUT2D eigenvalue weighted by atomic mass is 10.2. The molecule has 0 N–H and O–H groups in total. The van der Waals surface area contributed by atoms with Crippen LogP contribution in [0.1, 0.15) is 5.56 Å². The number of benzene rings is 2. The Morgan fingerprint density at radius 2 is 1.78 bits per heavy atom. The molecule has 0 aliphatic carbocycles. The summed E-state index contributed by atoms with van der Waals surface area (Å²) in [6.45, 7) is 1.64. The number of aromatic nitrogens is 1. The van der Waals surface area contributed by atoms with Gasteiger partial charge in [0.15, 0.2) is 5.75 Å². The van der Waals surface area contributed by atoms with Crippen LogP contribution in [-0.2, 0) is 10.1 Å². The van der Waals surface area contributed by atoms with E-state index in [0.29, 0.717) is 16.1 Å². The molecule has 0 atom stereocenters. The van der Waals surface area contributed by atoms with Gasteiger partial charge in [-0.15, -0.1) is 0 Å². The summed E-state index contributed by atoms with van der Waals surface area (Å²) in [5.74, 6) is 0.145. The molecule has 3 aromatic rings. The topological polar surface area (TPSA) is 56.3 Å². The van der Waals surface area contributed by atoms with Gasteiger partial charge in [0.1, 0.15) is 10.4 Å². The number of nitrogens with zero attached hydrogens (tertiary/aromatic N) is 1. The molecule has 23 heavy (non-hydrogen) atoms. The van der Waals surface area contributed by atoms with Crippen molar-refractivity contribution in [3.8, 4) is 5.75 Å². The smallest absolute Gasteiger partial charge is 0.340 e. The highest BCUT2D eigenvalue weighted by Crippen LogP contribution is 2.33. The molecule has 1 heterocycles. The summed E-state index contributed by atoms with van der Waals surface area (Å²) in [5.41, 5.74) is 0.939. The minimum absolute atomic E-state index is 0.0469. The van der Waals surface area contributed by atoms with Crippen LogP contribution in [0.15, 0.2) is 53.6 Å². The maximum Gasteiger partial charge on any atom is 0.340 e. The van der Waals surface area contributed by atoms with Crippen LogP contribution >= 0.6 is 23.2 Å². The first-order valence-electron chi connectivity index (χ1n) is 6.63. The maximum absolute atomic E-state index is 12.6. The summed E-state index contributed by atoms with van der Waals surface area (Å²) in [5, 5.41) is 1.21. The molecule has 0 saturated heterocycles. The lowest BCUT2D eigenvalue weighted by Crippen LogP contribution is -2.11. The lowest BCUT2D eigenvalue weighted by molar-refractivity contribution is 0.488. The number of fused-ring (bicyclic) bond motifs is 1. The molecule has 0 aliphatic heterocycles. The van der Waals surface area contributed by atoms with Crippen molar-refractivity contribution in [1.29, 1.82) is 0 Å². The zero-order valence-corrected chi connectivity index (χ0v) is 14.3. The van der Waals surface area contributed by atoms with Gasteiger partial charge in [0.05, 0.1) is 5.02 Å². The van der Waals surface area contributed by atoms with E-state index in [0.717, 1.165) is 5.39 Å². The molecule has 0 radical (unpaired) electrons. The number of hydrogen-bond donors (Lipinski definition) is 0. The maximum atomic E-state index is 12.6. The largest absolute Gasteiger partial charge is 0.377 e. The average molecular weight is 368 g/mol. The third-order valence-electron chi connectivity index (χ3n) is 3.35. The van der Waals surface area contributed by atoms with Gasteiger partial charge in [-0.3, -0.25) is 4.98 Å². The van der Waals surface area contributed by atoms with Crippen molar-refractivity contribution in [2.45, 2.75) is 11.8 Å². The molecule has 0 aliphatic rings. The van der Waals surface area contributed by atoms with Gasteiger partial charge in [0.2, 0.25) is 0 Å². The van der Waals surface area contributed by atoms with Crippen molar-refractivity contribution in [3.05, 3.63) is 64.3 Å². The molecule has 0 saturated carbocycles. The first-order valence-corrected chi connectivity index (χ1v) is 8.79. The van der Waals surface area contributed by atoms with E-state index in [4.69, 9.17) is 27.4 Å². The molecule has 3 rings (SSSR count). The van der Waals surface area contributed by atoms with E-state index in [1.807, 2.05) is 12.1 Å². The molecular weight excluding hydrogens is 357 g/mol. The molecule has 4 nitrogen and oxygen atoms in total. The van der Waals surface area contributed by atoms with Crippen molar-refractivity contribution in [2.24, 2.45) is 0 Å². The predicted octanol–water partition coefficient (Wildman–Crippen LogP) is 4.62. The van der Waals surface area contributed by atoms with Crippen LogP contribution in [0.4, 0.5) is 0 Å². The van der Waals surface area contributed by atoms with E-state index < -0.39 is 10.1 Å². The Bertz CT molecular complexity index is 998. The van der Waals surface area contributed by atoms with E-state index in [-0.39, 0.29) is 15.7 Å². The molecule has 0 unspecified atom stereocenters. The highest BCUT2D eigenvalue weighted by atomic mass is 35.5. The van der Waals surface area contributed by atoms with Crippen molar-refractivity contribution in [1.82, 2.24) is 4.98 Å². The second-order valence-electron chi connectivity index (χ2n) is 4.85. The third kappa shape index (κ3) is 3.00. The Morgan fingerprint density at radius 1 is 1.04 bits per heavy atom. The van der Waals surface area contributed by atoms with Crippen LogP contribution in [0.5, 0.6) is 5.75 Å². The van der Waals surface area contributed by atoms with Crippen LogP contribution in [0.2, 0.25) is 10.0 Å². The third-order valence-corrected chi connectivity index (χ3v) is 5.64. The van der Waals surface area contributed by atoms with Crippen LogP contribution in [0.25, 0.3) is 10.9 Å². The standard InChI is InChI=1S/C16H11Cl2NO3S/c1-10-12(17)7-8-14(15(10)18)23(20,21)22-13-6-2-4-11-5-3-9-19-16(11)13/h2-9H,1H3. The summed E-state index contributed by atoms with van der Waals surface area (Å²) >= 11 is 12.1. The zero-order chi connectivity index (χ0) is 16.6. The molecule has 1 aromatic heterocycles. The normalized spacial score (nSPS) is 11.6. The van der Waals surface area contributed by atoms with Crippen LogP contribution in [0.3, 0.4) is 0 Å². The first-order chi connectivity index (χ1) is 10.9. The Morgan fingerprint density at radius 3 is 2.57 bits per heavy atom. The van der Waals surface area contributed by atoms with Gasteiger partial charge in [-0.05, 0) is 36.8 Å². The average Bonchev–Trinajstić information content (AvgIpc) is 2.52. The van der Waals surface area contributed by atoms with Crippen molar-refractivity contribution in [3.63, 3.8) is 0 Å². The van der Waals surface area contributed by atoms with Crippen LogP contribution in [-0.4, -0.2) is 13.4 Å². The van der Waals surface area contributed by atoms with Crippen molar-refractivity contribution in [2.75, 3.05) is 0 Å². The summed E-state index contributed by atoms with van der Waals surface area (Å²) in [7, 11) is -4.11. The number of rotatable bonds is 3. The fourth-order valence-electron chi connectivity index (χ4n) is 2.14. The van der Waals surface area contributed by atoms with Gasteiger partial charge in [0, 0.05) is 16.6 Å². The van der Waals surface area contributed by atoms with Gasteiger partial charge in [-0.25, -0.2) is 0 Å². The van der Waals surface area contributed by atoms with Gasteiger partial charge in [0.25, 0.3) is 0 Å². The summed E-state index contributed by atoms with van der Waals surface area (Å²) in [6.07, 6.45) is 1.57. The van der Waals surface area contributed by atoms with Crippen LogP contribution in [0, 0.1) is 6.92 Å². The van der Waals surface area contributed by atoms with Gasteiger partial charge < -0.3 is 4.18 Å². The van der Waals surface area contributed by atoms with Crippen molar-refractivity contribution >= 4 is 44.2 Å². The first kappa shape index (κ1) is 16.1. The quantitative estimate of drug-likeness (QED) is 0.633. The van der Waals surface area contributed by atoms with E-state index in [1.54, 1.807) is 31.3 Å². The minimum Gasteiger partial charge on any atom is -0.377 e. The number of para-hydroxylation sites is 1. The SMILES string of the molecule is Cc1c(Cl)ccc(S(=O)(=O)Oc2cccc3cccnc23)c1Cl. The Balaban J connectivity index is 2.10. The summed E-state index contributed by atoms with van der Waals surface area (Å²) in [6, 6.07) is 11.4.